The summed E-state index contributed by atoms with van der Waals surface area (Å²) in [7, 11) is 1.25. The number of pyridine rings is 1. The molecule has 1 amide bonds. The van der Waals surface area contributed by atoms with E-state index in [1.807, 2.05) is 0 Å². The number of nitrogens with zero attached hydrogens (tertiary/aromatic N) is 1. The van der Waals surface area contributed by atoms with Gasteiger partial charge in [-0.15, -0.1) is 0 Å². The first-order valence-electron chi connectivity index (χ1n) is 5.89. The van der Waals surface area contributed by atoms with Gasteiger partial charge in [-0.1, -0.05) is 0 Å². The van der Waals surface area contributed by atoms with Crippen LogP contribution in [0, 0.1) is 17.5 Å². The van der Waals surface area contributed by atoms with Crippen molar-refractivity contribution in [2.45, 2.75) is 6.92 Å². The standard InChI is InChI=1S/C14H11F3N2O2/c1-7(20)19-14-4-8(12(17)6-18-14)9-3-10(15)11(16)5-13(9)21-2/h3-6H,1-2H3,(H,18,19,20). The van der Waals surface area contributed by atoms with Crippen LogP contribution in [0.3, 0.4) is 0 Å². The minimum absolute atomic E-state index is 0.0166. The first-order chi connectivity index (χ1) is 9.92. The van der Waals surface area contributed by atoms with E-state index in [1.54, 1.807) is 0 Å². The molecule has 1 heterocycles. The Kier molecular flexibility index (Phi) is 4.11. The van der Waals surface area contributed by atoms with Crippen molar-refractivity contribution in [1.29, 1.82) is 0 Å². The Balaban J connectivity index is 2.60. The highest BCUT2D eigenvalue weighted by Gasteiger charge is 2.16. The number of amides is 1. The second kappa shape index (κ2) is 5.82. The highest BCUT2D eigenvalue weighted by Crippen LogP contribution is 2.34. The molecule has 7 heteroatoms. The quantitative estimate of drug-likeness (QED) is 0.946. The zero-order valence-electron chi connectivity index (χ0n) is 11.2. The molecular formula is C14H11F3N2O2. The summed E-state index contributed by atoms with van der Waals surface area (Å²) in [6.07, 6.45) is 0.876. The Bertz CT molecular complexity index is 705. The molecule has 0 bridgehead atoms. The van der Waals surface area contributed by atoms with Crippen molar-refractivity contribution in [3.63, 3.8) is 0 Å². The van der Waals surface area contributed by atoms with E-state index in [4.69, 9.17) is 4.74 Å². The average molecular weight is 296 g/mol. The van der Waals surface area contributed by atoms with E-state index in [1.165, 1.54) is 20.1 Å². The minimum atomic E-state index is -1.14. The molecule has 0 saturated carbocycles. The van der Waals surface area contributed by atoms with Crippen LogP contribution >= 0.6 is 0 Å². The summed E-state index contributed by atoms with van der Waals surface area (Å²) < 4.78 is 45.4. The predicted molar refractivity (Wildman–Crippen MR) is 70.4 cm³/mol. The van der Waals surface area contributed by atoms with Gasteiger partial charge in [-0.3, -0.25) is 4.79 Å². The molecule has 0 radical (unpaired) electrons. The monoisotopic (exact) mass is 296 g/mol. The number of rotatable bonds is 3. The molecule has 4 nitrogen and oxygen atoms in total. The number of carbonyl (C=O) groups excluding carboxylic acids is 1. The smallest absolute Gasteiger partial charge is 0.222 e. The molecule has 1 N–H and O–H groups in total. The zero-order chi connectivity index (χ0) is 15.6. The van der Waals surface area contributed by atoms with E-state index < -0.39 is 23.4 Å². The number of hydrogen-bond acceptors (Lipinski definition) is 3. The molecule has 0 unspecified atom stereocenters. The molecule has 0 aliphatic carbocycles. The van der Waals surface area contributed by atoms with Crippen LogP contribution in [0.4, 0.5) is 19.0 Å². The number of hydrogen-bond donors (Lipinski definition) is 1. The van der Waals surface area contributed by atoms with Crippen molar-refractivity contribution in [2.24, 2.45) is 0 Å². The van der Waals surface area contributed by atoms with Gasteiger partial charge in [-0.2, -0.15) is 0 Å². The molecule has 0 fully saturated rings. The van der Waals surface area contributed by atoms with Crippen LogP contribution in [-0.4, -0.2) is 18.0 Å². The van der Waals surface area contributed by atoms with Crippen LogP contribution < -0.4 is 10.1 Å². The second-order valence-electron chi connectivity index (χ2n) is 4.20. The highest BCUT2D eigenvalue weighted by atomic mass is 19.2. The maximum absolute atomic E-state index is 13.9. The molecule has 1 aromatic heterocycles. The number of nitrogens with one attached hydrogen (secondary N) is 1. The van der Waals surface area contributed by atoms with Crippen molar-refractivity contribution in [1.82, 2.24) is 4.98 Å². The molecule has 0 atom stereocenters. The zero-order valence-corrected chi connectivity index (χ0v) is 11.2. The summed E-state index contributed by atoms with van der Waals surface area (Å²) in [5.74, 6) is -3.33. The van der Waals surface area contributed by atoms with Crippen molar-refractivity contribution < 1.29 is 22.7 Å². The molecule has 21 heavy (non-hydrogen) atoms. The van der Waals surface area contributed by atoms with E-state index in [-0.39, 0.29) is 22.7 Å². The molecule has 0 aliphatic rings. The third-order valence-electron chi connectivity index (χ3n) is 2.69. The number of ether oxygens (including phenoxy) is 1. The number of aromatic nitrogens is 1. The third kappa shape index (κ3) is 3.13. The molecule has 0 saturated heterocycles. The van der Waals surface area contributed by atoms with Crippen molar-refractivity contribution in [3.05, 3.63) is 41.8 Å². The topological polar surface area (TPSA) is 51.2 Å². The van der Waals surface area contributed by atoms with E-state index in [0.717, 1.165) is 18.3 Å². The molecule has 2 aromatic rings. The molecule has 1 aromatic carbocycles. The van der Waals surface area contributed by atoms with Gasteiger partial charge in [-0.05, 0) is 12.1 Å². The van der Waals surface area contributed by atoms with Crippen molar-refractivity contribution in [3.8, 4) is 16.9 Å². The van der Waals surface area contributed by atoms with Gasteiger partial charge in [0.15, 0.2) is 11.6 Å². The fourth-order valence-corrected chi connectivity index (χ4v) is 1.80. The van der Waals surface area contributed by atoms with Gasteiger partial charge in [0.05, 0.1) is 13.3 Å². The average Bonchev–Trinajstić information content (AvgIpc) is 2.43. The predicted octanol–water partition coefficient (Wildman–Crippen LogP) is 3.13. The van der Waals surface area contributed by atoms with Crippen LogP contribution in [0.2, 0.25) is 0 Å². The van der Waals surface area contributed by atoms with Gasteiger partial charge < -0.3 is 10.1 Å². The Morgan fingerprint density at radius 3 is 2.38 bits per heavy atom. The lowest BCUT2D eigenvalue weighted by molar-refractivity contribution is -0.114. The van der Waals surface area contributed by atoms with Crippen LogP contribution in [0.1, 0.15) is 6.92 Å². The minimum Gasteiger partial charge on any atom is -0.496 e. The van der Waals surface area contributed by atoms with Gasteiger partial charge in [0.1, 0.15) is 17.4 Å². The summed E-state index contributed by atoms with van der Waals surface area (Å²) in [6, 6.07) is 2.86. The Morgan fingerprint density at radius 1 is 1.10 bits per heavy atom. The molecular weight excluding hydrogens is 285 g/mol. The number of halogens is 3. The van der Waals surface area contributed by atoms with Crippen molar-refractivity contribution >= 4 is 11.7 Å². The van der Waals surface area contributed by atoms with E-state index >= 15 is 0 Å². The normalized spacial score (nSPS) is 10.3. The molecule has 2 rings (SSSR count). The van der Waals surface area contributed by atoms with Crippen LogP contribution in [0.15, 0.2) is 24.4 Å². The van der Waals surface area contributed by atoms with Crippen LogP contribution in [0.25, 0.3) is 11.1 Å². The fourth-order valence-electron chi connectivity index (χ4n) is 1.80. The first kappa shape index (κ1) is 14.8. The third-order valence-corrected chi connectivity index (χ3v) is 2.69. The number of methoxy groups -OCH3 is 1. The number of carbonyl (C=O) groups is 1. The lowest BCUT2D eigenvalue weighted by Gasteiger charge is -2.11. The Hall–Kier alpha value is -2.57. The van der Waals surface area contributed by atoms with Crippen LogP contribution in [0.5, 0.6) is 5.75 Å². The van der Waals surface area contributed by atoms with Gasteiger partial charge in [0, 0.05) is 24.1 Å². The SMILES string of the molecule is COc1cc(F)c(F)cc1-c1cc(NC(C)=O)ncc1F. The lowest BCUT2D eigenvalue weighted by atomic mass is 10.0. The van der Waals surface area contributed by atoms with E-state index in [9.17, 15) is 18.0 Å². The van der Waals surface area contributed by atoms with Gasteiger partial charge in [-0.25, -0.2) is 18.2 Å². The van der Waals surface area contributed by atoms with E-state index in [0.29, 0.717) is 0 Å². The lowest BCUT2D eigenvalue weighted by Crippen LogP contribution is -2.08. The number of benzene rings is 1. The summed E-state index contributed by atoms with van der Waals surface area (Å²) in [5, 5.41) is 2.38. The van der Waals surface area contributed by atoms with Crippen molar-refractivity contribution in [2.75, 3.05) is 12.4 Å². The summed E-state index contributed by atoms with van der Waals surface area (Å²) in [4.78, 5) is 14.7. The maximum Gasteiger partial charge on any atom is 0.222 e. The van der Waals surface area contributed by atoms with Gasteiger partial charge in [0.2, 0.25) is 5.91 Å². The number of anilines is 1. The Morgan fingerprint density at radius 2 is 1.76 bits per heavy atom. The second-order valence-corrected chi connectivity index (χ2v) is 4.20. The van der Waals surface area contributed by atoms with Gasteiger partial charge >= 0.3 is 0 Å². The largest absolute Gasteiger partial charge is 0.496 e. The fraction of sp³-hybridized carbons (Fsp3) is 0.143. The van der Waals surface area contributed by atoms with Gasteiger partial charge in [0.25, 0.3) is 0 Å². The summed E-state index contributed by atoms with van der Waals surface area (Å²) in [5.41, 5.74) is -0.0487. The Labute approximate surface area is 118 Å². The highest BCUT2D eigenvalue weighted by molar-refractivity contribution is 5.88. The van der Waals surface area contributed by atoms with Crippen LogP contribution in [-0.2, 0) is 4.79 Å². The van der Waals surface area contributed by atoms with E-state index in [2.05, 4.69) is 10.3 Å². The maximum atomic E-state index is 13.9. The summed E-state index contributed by atoms with van der Waals surface area (Å²) >= 11 is 0. The molecule has 0 aliphatic heterocycles. The first-order valence-corrected chi connectivity index (χ1v) is 5.89. The summed E-state index contributed by atoms with van der Waals surface area (Å²) in [6.45, 7) is 1.27. The molecule has 110 valence electrons. The molecule has 0 spiro atoms.